The quantitative estimate of drug-likeness (QED) is 0.861. The Morgan fingerprint density at radius 2 is 1.75 bits per heavy atom. The van der Waals surface area contributed by atoms with Crippen molar-refractivity contribution in [2.75, 3.05) is 13.1 Å². The van der Waals surface area contributed by atoms with Gasteiger partial charge in [-0.05, 0) is 43.6 Å². The van der Waals surface area contributed by atoms with Crippen molar-refractivity contribution in [1.29, 1.82) is 0 Å². The average Bonchev–Trinajstić information content (AvgIpc) is 2.25. The summed E-state index contributed by atoms with van der Waals surface area (Å²) in [5.74, 6) is 0. The van der Waals surface area contributed by atoms with Crippen LogP contribution < -0.4 is 5.32 Å². The Hall–Kier alpha value is 0.1000. The molecular formula is C12H15Br2NO. The summed E-state index contributed by atoms with van der Waals surface area (Å²) in [5.41, 5.74) is 0.601. The molecule has 0 radical (unpaired) electrons. The second kappa shape index (κ2) is 5.17. The van der Waals surface area contributed by atoms with E-state index < -0.39 is 5.60 Å². The van der Waals surface area contributed by atoms with E-state index in [0.717, 1.165) is 40.4 Å². The van der Waals surface area contributed by atoms with Crippen molar-refractivity contribution in [2.24, 2.45) is 0 Å². The van der Waals surface area contributed by atoms with Gasteiger partial charge in [0.05, 0.1) is 5.60 Å². The first kappa shape index (κ1) is 12.6. The van der Waals surface area contributed by atoms with Crippen LogP contribution in [0.4, 0.5) is 0 Å². The minimum absolute atomic E-state index is 0.558. The molecule has 1 aromatic rings. The lowest BCUT2D eigenvalue weighted by molar-refractivity contribution is 0.0106. The van der Waals surface area contributed by atoms with Gasteiger partial charge < -0.3 is 10.4 Å². The first-order valence-corrected chi connectivity index (χ1v) is 7.05. The summed E-state index contributed by atoms with van der Waals surface area (Å²) in [5, 5.41) is 13.8. The van der Waals surface area contributed by atoms with Crippen LogP contribution in [0.3, 0.4) is 0 Å². The Kier molecular flexibility index (Phi) is 4.06. The average molecular weight is 349 g/mol. The van der Waals surface area contributed by atoms with Gasteiger partial charge in [-0.1, -0.05) is 37.9 Å². The van der Waals surface area contributed by atoms with Crippen molar-refractivity contribution in [2.45, 2.75) is 24.9 Å². The summed E-state index contributed by atoms with van der Waals surface area (Å²) in [6, 6.07) is 6.03. The molecule has 1 heterocycles. The molecule has 0 unspecified atom stereocenters. The van der Waals surface area contributed by atoms with E-state index in [4.69, 9.17) is 0 Å². The highest BCUT2D eigenvalue weighted by atomic mass is 79.9. The SMILES string of the molecule is OC1(Cc2c(Br)cccc2Br)CCNCC1. The zero-order chi connectivity index (χ0) is 11.6. The number of hydrogen-bond donors (Lipinski definition) is 2. The van der Waals surface area contributed by atoms with Crippen LogP contribution in [0.25, 0.3) is 0 Å². The highest BCUT2D eigenvalue weighted by Crippen LogP contribution is 2.31. The largest absolute Gasteiger partial charge is 0.389 e. The van der Waals surface area contributed by atoms with Crippen LogP contribution in [-0.4, -0.2) is 23.8 Å². The van der Waals surface area contributed by atoms with Gasteiger partial charge in [0.2, 0.25) is 0 Å². The molecule has 1 saturated heterocycles. The van der Waals surface area contributed by atoms with Gasteiger partial charge in [-0.2, -0.15) is 0 Å². The van der Waals surface area contributed by atoms with E-state index in [-0.39, 0.29) is 0 Å². The smallest absolute Gasteiger partial charge is 0.0712 e. The van der Waals surface area contributed by atoms with Gasteiger partial charge in [0.15, 0.2) is 0 Å². The monoisotopic (exact) mass is 347 g/mol. The third-order valence-electron chi connectivity index (χ3n) is 3.10. The summed E-state index contributed by atoms with van der Waals surface area (Å²) in [7, 11) is 0. The molecular weight excluding hydrogens is 334 g/mol. The highest BCUT2D eigenvalue weighted by Gasteiger charge is 2.30. The Balaban J connectivity index is 2.19. The molecule has 0 spiro atoms. The normalized spacial score (nSPS) is 19.7. The van der Waals surface area contributed by atoms with E-state index in [2.05, 4.69) is 37.2 Å². The highest BCUT2D eigenvalue weighted by molar-refractivity contribution is 9.11. The van der Waals surface area contributed by atoms with Crippen LogP contribution in [0.15, 0.2) is 27.1 Å². The molecule has 1 aliphatic rings. The fourth-order valence-corrected chi connectivity index (χ4v) is 3.38. The van der Waals surface area contributed by atoms with Crippen molar-refractivity contribution in [3.05, 3.63) is 32.7 Å². The molecule has 4 heteroatoms. The maximum Gasteiger partial charge on any atom is 0.0712 e. The number of hydrogen-bond acceptors (Lipinski definition) is 2. The zero-order valence-corrected chi connectivity index (χ0v) is 12.1. The zero-order valence-electron chi connectivity index (χ0n) is 8.97. The summed E-state index contributed by atoms with van der Waals surface area (Å²) >= 11 is 7.08. The molecule has 88 valence electrons. The summed E-state index contributed by atoms with van der Waals surface area (Å²) in [6.45, 7) is 1.80. The molecule has 2 N–H and O–H groups in total. The summed E-state index contributed by atoms with van der Waals surface area (Å²) < 4.78 is 2.13. The van der Waals surface area contributed by atoms with Crippen LogP contribution in [0, 0.1) is 0 Å². The molecule has 0 amide bonds. The minimum Gasteiger partial charge on any atom is -0.389 e. The molecule has 2 rings (SSSR count). The van der Waals surface area contributed by atoms with Crippen LogP contribution in [0.5, 0.6) is 0 Å². The number of halogens is 2. The topological polar surface area (TPSA) is 32.3 Å². The van der Waals surface area contributed by atoms with Gasteiger partial charge in [-0.25, -0.2) is 0 Å². The van der Waals surface area contributed by atoms with E-state index >= 15 is 0 Å². The van der Waals surface area contributed by atoms with E-state index in [1.165, 1.54) is 0 Å². The number of benzene rings is 1. The second-order valence-corrected chi connectivity index (χ2v) is 6.06. The first-order chi connectivity index (χ1) is 7.61. The molecule has 0 atom stereocenters. The van der Waals surface area contributed by atoms with Gasteiger partial charge in [0, 0.05) is 15.4 Å². The molecule has 0 saturated carbocycles. The lowest BCUT2D eigenvalue weighted by Crippen LogP contribution is -2.43. The van der Waals surface area contributed by atoms with Crippen molar-refractivity contribution < 1.29 is 5.11 Å². The Morgan fingerprint density at radius 1 is 1.19 bits per heavy atom. The van der Waals surface area contributed by atoms with E-state index in [9.17, 15) is 5.11 Å². The molecule has 16 heavy (non-hydrogen) atoms. The third kappa shape index (κ3) is 2.86. The van der Waals surface area contributed by atoms with Crippen molar-refractivity contribution in [3.8, 4) is 0 Å². The lowest BCUT2D eigenvalue weighted by Gasteiger charge is -2.33. The van der Waals surface area contributed by atoms with E-state index in [0.29, 0.717) is 6.42 Å². The van der Waals surface area contributed by atoms with Crippen LogP contribution in [0.2, 0.25) is 0 Å². The lowest BCUT2D eigenvalue weighted by atomic mass is 9.86. The van der Waals surface area contributed by atoms with E-state index in [1.807, 2.05) is 18.2 Å². The number of piperidine rings is 1. The number of rotatable bonds is 2. The Labute approximate surface area is 113 Å². The van der Waals surface area contributed by atoms with Crippen molar-refractivity contribution in [3.63, 3.8) is 0 Å². The van der Waals surface area contributed by atoms with Gasteiger partial charge in [0.25, 0.3) is 0 Å². The van der Waals surface area contributed by atoms with E-state index in [1.54, 1.807) is 0 Å². The first-order valence-electron chi connectivity index (χ1n) is 5.47. The van der Waals surface area contributed by atoms with Crippen molar-refractivity contribution in [1.82, 2.24) is 5.32 Å². The number of aliphatic hydroxyl groups is 1. The molecule has 0 bridgehead atoms. The van der Waals surface area contributed by atoms with Crippen LogP contribution >= 0.6 is 31.9 Å². The maximum absolute atomic E-state index is 10.5. The summed E-state index contributed by atoms with van der Waals surface area (Å²) in [4.78, 5) is 0. The fraction of sp³-hybridized carbons (Fsp3) is 0.500. The fourth-order valence-electron chi connectivity index (χ4n) is 2.10. The minimum atomic E-state index is -0.558. The van der Waals surface area contributed by atoms with Gasteiger partial charge >= 0.3 is 0 Å². The molecule has 1 fully saturated rings. The Morgan fingerprint density at radius 3 is 2.31 bits per heavy atom. The van der Waals surface area contributed by atoms with Gasteiger partial charge in [0.1, 0.15) is 0 Å². The van der Waals surface area contributed by atoms with Gasteiger partial charge in [-0.3, -0.25) is 0 Å². The van der Waals surface area contributed by atoms with Crippen LogP contribution in [-0.2, 0) is 6.42 Å². The predicted octanol–water partition coefficient (Wildman–Crippen LogP) is 2.87. The third-order valence-corrected chi connectivity index (χ3v) is 4.59. The summed E-state index contributed by atoms with van der Waals surface area (Å²) in [6.07, 6.45) is 2.35. The number of nitrogens with one attached hydrogen (secondary N) is 1. The predicted molar refractivity (Wildman–Crippen MR) is 72.6 cm³/mol. The second-order valence-electron chi connectivity index (χ2n) is 4.35. The molecule has 0 aliphatic carbocycles. The molecule has 1 aromatic carbocycles. The van der Waals surface area contributed by atoms with Crippen molar-refractivity contribution >= 4 is 31.9 Å². The standard InChI is InChI=1S/C12H15Br2NO/c13-10-2-1-3-11(14)9(10)8-12(16)4-6-15-7-5-12/h1-3,15-16H,4-8H2. The molecule has 0 aromatic heterocycles. The Bertz CT molecular complexity index is 355. The van der Waals surface area contributed by atoms with Crippen LogP contribution in [0.1, 0.15) is 18.4 Å². The maximum atomic E-state index is 10.5. The molecule has 2 nitrogen and oxygen atoms in total. The van der Waals surface area contributed by atoms with Gasteiger partial charge in [-0.15, -0.1) is 0 Å². The molecule has 1 aliphatic heterocycles.